The van der Waals surface area contributed by atoms with Gasteiger partial charge in [0.05, 0.1) is 18.7 Å². The predicted molar refractivity (Wildman–Crippen MR) is 114 cm³/mol. The van der Waals surface area contributed by atoms with Crippen LogP contribution in [0.4, 0.5) is 10.6 Å². The molecule has 2 aromatic heterocycles. The van der Waals surface area contributed by atoms with E-state index in [9.17, 15) is 9.59 Å². The van der Waals surface area contributed by atoms with Gasteiger partial charge in [0.1, 0.15) is 0 Å². The van der Waals surface area contributed by atoms with Crippen molar-refractivity contribution in [3.63, 3.8) is 0 Å². The monoisotopic (exact) mass is 429 g/mol. The molecule has 168 valence electrons. The lowest BCUT2D eigenvalue weighted by Crippen LogP contribution is -2.35. The van der Waals surface area contributed by atoms with E-state index >= 15 is 0 Å². The van der Waals surface area contributed by atoms with Crippen LogP contribution in [0.15, 0.2) is 12.3 Å². The Labute approximate surface area is 181 Å². The number of carbonyl (C=O) groups excluding carboxylic acids is 2. The lowest BCUT2D eigenvalue weighted by atomic mass is 10.0. The Hall–Kier alpha value is -2.91. The lowest BCUT2D eigenvalue weighted by Gasteiger charge is -2.14. The van der Waals surface area contributed by atoms with Crippen molar-refractivity contribution in [3.05, 3.63) is 23.7 Å². The molecule has 0 radical (unpaired) electrons. The number of aromatic nitrogens is 5. The van der Waals surface area contributed by atoms with E-state index in [4.69, 9.17) is 4.74 Å². The van der Waals surface area contributed by atoms with Crippen LogP contribution in [-0.4, -0.2) is 49.3 Å². The maximum absolute atomic E-state index is 12.3. The van der Waals surface area contributed by atoms with Crippen molar-refractivity contribution in [2.75, 3.05) is 11.9 Å². The summed E-state index contributed by atoms with van der Waals surface area (Å²) in [5.74, 6) is 0.990. The molecule has 2 amide bonds. The highest BCUT2D eigenvalue weighted by Crippen LogP contribution is 2.38. The third-order valence-corrected chi connectivity index (χ3v) is 6.13. The van der Waals surface area contributed by atoms with Gasteiger partial charge in [0.25, 0.3) is 0 Å². The second kappa shape index (κ2) is 8.68. The van der Waals surface area contributed by atoms with Gasteiger partial charge in [0, 0.05) is 35.5 Å². The van der Waals surface area contributed by atoms with Gasteiger partial charge in [-0.1, -0.05) is 5.21 Å². The van der Waals surface area contributed by atoms with E-state index in [1.54, 1.807) is 10.9 Å². The minimum Gasteiger partial charge on any atom is -0.449 e. The van der Waals surface area contributed by atoms with Gasteiger partial charge < -0.3 is 15.4 Å². The smallest absolute Gasteiger partial charge is 0.407 e. The second-order valence-corrected chi connectivity index (χ2v) is 9.38. The van der Waals surface area contributed by atoms with Gasteiger partial charge >= 0.3 is 6.09 Å². The fourth-order valence-electron chi connectivity index (χ4n) is 3.91. The second-order valence-electron chi connectivity index (χ2n) is 9.38. The van der Waals surface area contributed by atoms with Crippen LogP contribution >= 0.6 is 0 Å². The molecule has 0 spiro atoms. The number of nitrogens with one attached hydrogen (secondary N) is 3. The van der Waals surface area contributed by atoms with Crippen LogP contribution in [0.25, 0.3) is 0 Å². The Kier molecular flexibility index (Phi) is 5.97. The van der Waals surface area contributed by atoms with Crippen molar-refractivity contribution in [2.45, 2.75) is 76.8 Å². The van der Waals surface area contributed by atoms with Crippen LogP contribution in [0.3, 0.4) is 0 Å². The number of alkyl carbamates (subject to hydrolysis) is 1. The molecular weight excluding hydrogens is 398 g/mol. The molecule has 0 aromatic carbocycles. The molecule has 2 saturated carbocycles. The first-order valence-corrected chi connectivity index (χ1v) is 11.0. The average molecular weight is 430 g/mol. The maximum atomic E-state index is 12.3. The van der Waals surface area contributed by atoms with Crippen molar-refractivity contribution in [1.82, 2.24) is 30.5 Å². The Bertz CT molecular complexity index is 931. The van der Waals surface area contributed by atoms with E-state index in [-0.39, 0.29) is 30.0 Å². The first-order chi connectivity index (χ1) is 14.8. The zero-order valence-electron chi connectivity index (χ0n) is 18.4. The molecule has 2 aromatic rings. The molecular formula is C21H31N7O3. The number of rotatable bonds is 8. The SMILES string of the molecule is CC(C)n1cc(CC(=O)Nc2cc([C@H]3CCC(COC(=O)NC4(C)CC4)C3)[nH]n2)nn1. The van der Waals surface area contributed by atoms with Crippen molar-refractivity contribution in [2.24, 2.45) is 5.92 Å². The Morgan fingerprint density at radius 3 is 2.87 bits per heavy atom. The normalized spacial score (nSPS) is 21.8. The van der Waals surface area contributed by atoms with Crippen LogP contribution < -0.4 is 10.6 Å². The summed E-state index contributed by atoms with van der Waals surface area (Å²) >= 11 is 0. The van der Waals surface area contributed by atoms with E-state index in [1.807, 2.05) is 26.8 Å². The van der Waals surface area contributed by atoms with Crippen molar-refractivity contribution < 1.29 is 14.3 Å². The maximum Gasteiger partial charge on any atom is 0.407 e. The highest BCUT2D eigenvalue weighted by Gasteiger charge is 2.39. The van der Waals surface area contributed by atoms with Crippen molar-refractivity contribution in [3.8, 4) is 0 Å². The van der Waals surface area contributed by atoms with Crippen molar-refractivity contribution in [1.29, 1.82) is 0 Å². The summed E-state index contributed by atoms with van der Waals surface area (Å²) in [4.78, 5) is 24.2. The fraction of sp³-hybridized carbons (Fsp3) is 0.667. The van der Waals surface area contributed by atoms with E-state index in [0.29, 0.717) is 30.0 Å². The predicted octanol–water partition coefficient (Wildman–Crippen LogP) is 2.93. The Morgan fingerprint density at radius 1 is 1.35 bits per heavy atom. The molecule has 10 nitrogen and oxygen atoms in total. The van der Waals surface area contributed by atoms with E-state index in [2.05, 4.69) is 31.1 Å². The number of carbonyl (C=O) groups is 2. The molecule has 0 aliphatic heterocycles. The minimum atomic E-state index is -0.316. The first-order valence-electron chi connectivity index (χ1n) is 11.0. The summed E-state index contributed by atoms with van der Waals surface area (Å²) in [7, 11) is 0. The minimum absolute atomic E-state index is 0.0585. The van der Waals surface area contributed by atoms with Crippen LogP contribution in [-0.2, 0) is 16.0 Å². The third kappa shape index (κ3) is 5.62. The van der Waals surface area contributed by atoms with Gasteiger partial charge in [-0.3, -0.25) is 9.89 Å². The first kappa shape index (κ1) is 21.3. The number of amides is 2. The molecule has 31 heavy (non-hydrogen) atoms. The average Bonchev–Trinajstić information content (AvgIpc) is 3.17. The number of nitrogens with zero attached hydrogens (tertiary/aromatic N) is 4. The van der Waals surface area contributed by atoms with Crippen LogP contribution in [0.5, 0.6) is 0 Å². The van der Waals surface area contributed by atoms with Gasteiger partial charge in [-0.2, -0.15) is 5.10 Å². The largest absolute Gasteiger partial charge is 0.449 e. The molecule has 2 fully saturated rings. The number of hydrogen-bond acceptors (Lipinski definition) is 6. The zero-order valence-corrected chi connectivity index (χ0v) is 18.4. The molecule has 2 heterocycles. The summed E-state index contributed by atoms with van der Waals surface area (Å²) in [6.07, 6.45) is 6.59. The Balaban J connectivity index is 1.22. The van der Waals surface area contributed by atoms with Crippen molar-refractivity contribution >= 4 is 17.8 Å². The molecule has 10 heteroatoms. The molecule has 0 bridgehead atoms. The highest BCUT2D eigenvalue weighted by molar-refractivity contribution is 5.91. The van der Waals surface area contributed by atoms with Crippen LogP contribution in [0, 0.1) is 5.92 Å². The zero-order chi connectivity index (χ0) is 22.0. The van der Waals surface area contributed by atoms with E-state index in [0.717, 1.165) is 37.8 Å². The van der Waals surface area contributed by atoms with Crippen LogP contribution in [0.1, 0.15) is 76.2 Å². The number of aromatic amines is 1. The highest BCUT2D eigenvalue weighted by atomic mass is 16.5. The molecule has 0 saturated heterocycles. The van der Waals surface area contributed by atoms with E-state index < -0.39 is 0 Å². The summed E-state index contributed by atoms with van der Waals surface area (Å²) in [6, 6.07) is 2.09. The van der Waals surface area contributed by atoms with Gasteiger partial charge in [-0.25, -0.2) is 9.48 Å². The fourth-order valence-corrected chi connectivity index (χ4v) is 3.91. The third-order valence-electron chi connectivity index (χ3n) is 6.13. The topological polar surface area (TPSA) is 127 Å². The summed E-state index contributed by atoms with van der Waals surface area (Å²) in [5, 5.41) is 21.1. The summed E-state index contributed by atoms with van der Waals surface area (Å²) in [6.45, 7) is 6.48. The lowest BCUT2D eigenvalue weighted by molar-refractivity contribution is -0.115. The van der Waals surface area contributed by atoms with Gasteiger partial charge in [-0.15, -0.1) is 5.10 Å². The van der Waals surface area contributed by atoms with Gasteiger partial charge in [-0.05, 0) is 58.8 Å². The standard InChI is InChI=1S/C21H31N7O3/c1-13(2)28-11-16(24-27-28)9-19(29)22-18-10-17(25-26-18)15-5-4-14(8-15)12-31-20(30)23-21(3)6-7-21/h10-11,13-15H,4-9,12H2,1-3H3,(H,23,30)(H2,22,25,26,29)/t14?,15-/m0/s1. The summed E-state index contributed by atoms with van der Waals surface area (Å²) in [5.41, 5.74) is 1.57. The molecule has 4 rings (SSSR count). The van der Waals surface area contributed by atoms with E-state index in [1.165, 1.54) is 0 Å². The molecule has 2 aliphatic carbocycles. The quantitative estimate of drug-likeness (QED) is 0.592. The number of H-pyrrole nitrogens is 1. The number of ether oxygens (including phenoxy) is 1. The number of hydrogen-bond donors (Lipinski definition) is 3. The molecule has 3 N–H and O–H groups in total. The summed E-state index contributed by atoms with van der Waals surface area (Å²) < 4.78 is 7.14. The molecule has 1 unspecified atom stereocenters. The van der Waals surface area contributed by atoms with Gasteiger partial charge in [0.15, 0.2) is 5.82 Å². The Morgan fingerprint density at radius 2 is 2.16 bits per heavy atom. The van der Waals surface area contributed by atoms with Gasteiger partial charge in [0.2, 0.25) is 5.91 Å². The van der Waals surface area contributed by atoms with Crippen LogP contribution in [0.2, 0.25) is 0 Å². The molecule has 2 aliphatic rings. The number of anilines is 1. The molecule has 2 atom stereocenters.